The molecule has 1 aliphatic rings. The summed E-state index contributed by atoms with van der Waals surface area (Å²) in [5.41, 5.74) is -3.90. The maximum Gasteiger partial charge on any atom is 0.416 e. The summed E-state index contributed by atoms with van der Waals surface area (Å²) in [6.45, 7) is 3.34. The molecule has 0 spiro atoms. The first-order valence-electron chi connectivity index (χ1n) is 13.9. The largest absolute Gasteiger partial charge is 0.416 e. The van der Waals surface area contributed by atoms with Crippen molar-refractivity contribution in [3.63, 3.8) is 0 Å². The standard InChI is InChI=1S/C29H36F6N2O4S/c1-2-3-7-14-41-20-23-12-10-22(11-13-23)19-37(18-21-8-5-4-6-9-21)42(39,40)36-27(38)24-15-25(28(30,31)32)17-26(16-24)29(33,34)35/h4-6,8-9,15-17,22-23H,2-3,7,10-14,18-20H2,1H3,(H,36,38). The van der Waals surface area contributed by atoms with Crippen LogP contribution in [-0.4, -0.2) is 38.4 Å². The first-order chi connectivity index (χ1) is 19.7. The van der Waals surface area contributed by atoms with Gasteiger partial charge < -0.3 is 4.74 Å². The van der Waals surface area contributed by atoms with E-state index in [1.807, 2.05) is 0 Å². The van der Waals surface area contributed by atoms with Crippen molar-refractivity contribution >= 4 is 16.1 Å². The second-order valence-corrected chi connectivity index (χ2v) is 12.3. The van der Waals surface area contributed by atoms with Crippen molar-refractivity contribution in [2.45, 2.75) is 70.8 Å². The van der Waals surface area contributed by atoms with E-state index in [1.54, 1.807) is 35.1 Å². The van der Waals surface area contributed by atoms with E-state index in [2.05, 4.69) is 6.92 Å². The minimum Gasteiger partial charge on any atom is -0.381 e. The van der Waals surface area contributed by atoms with Gasteiger partial charge in [0.2, 0.25) is 0 Å². The van der Waals surface area contributed by atoms with Gasteiger partial charge in [0, 0.05) is 31.9 Å². The molecule has 0 aromatic heterocycles. The minimum atomic E-state index is -5.19. The molecule has 0 atom stereocenters. The molecular formula is C29H36F6N2O4S. The molecular weight excluding hydrogens is 586 g/mol. The Labute approximate surface area is 242 Å². The second-order valence-electron chi connectivity index (χ2n) is 10.7. The van der Waals surface area contributed by atoms with Gasteiger partial charge in [-0.2, -0.15) is 39.1 Å². The molecule has 1 N–H and O–H groups in total. The van der Waals surface area contributed by atoms with Crippen molar-refractivity contribution in [1.82, 2.24) is 9.03 Å². The van der Waals surface area contributed by atoms with Gasteiger partial charge in [0.25, 0.3) is 5.91 Å². The number of ether oxygens (including phenoxy) is 1. The fraction of sp³-hybridized carbons (Fsp3) is 0.552. The molecule has 0 saturated heterocycles. The van der Waals surface area contributed by atoms with Crippen LogP contribution in [0, 0.1) is 11.8 Å². The lowest BCUT2D eigenvalue weighted by molar-refractivity contribution is -0.143. The van der Waals surface area contributed by atoms with E-state index in [0.29, 0.717) is 37.5 Å². The molecule has 1 amide bonds. The van der Waals surface area contributed by atoms with Crippen LogP contribution in [0.1, 0.15) is 78.9 Å². The van der Waals surface area contributed by atoms with Gasteiger partial charge in [-0.15, -0.1) is 0 Å². The van der Waals surface area contributed by atoms with Crippen LogP contribution in [0.25, 0.3) is 0 Å². The molecule has 1 aliphatic carbocycles. The highest BCUT2D eigenvalue weighted by Crippen LogP contribution is 2.36. The van der Waals surface area contributed by atoms with Gasteiger partial charge >= 0.3 is 22.6 Å². The van der Waals surface area contributed by atoms with Crippen LogP contribution in [0.15, 0.2) is 48.5 Å². The Morgan fingerprint density at radius 2 is 1.48 bits per heavy atom. The summed E-state index contributed by atoms with van der Waals surface area (Å²) in [5.74, 6) is -1.29. The Hall–Kier alpha value is -2.64. The van der Waals surface area contributed by atoms with Crippen molar-refractivity contribution in [1.29, 1.82) is 0 Å². The van der Waals surface area contributed by atoms with Gasteiger partial charge in [0.15, 0.2) is 0 Å². The molecule has 3 rings (SSSR count). The molecule has 13 heteroatoms. The third-order valence-electron chi connectivity index (χ3n) is 7.29. The van der Waals surface area contributed by atoms with Gasteiger partial charge in [0.1, 0.15) is 0 Å². The lowest BCUT2D eigenvalue weighted by Gasteiger charge is -2.32. The quantitative estimate of drug-likeness (QED) is 0.189. The number of carbonyl (C=O) groups is 1. The number of nitrogens with one attached hydrogen (secondary N) is 1. The Balaban J connectivity index is 1.75. The van der Waals surface area contributed by atoms with E-state index in [1.165, 1.54) is 0 Å². The molecule has 0 aliphatic heterocycles. The van der Waals surface area contributed by atoms with Crippen LogP contribution in [0.2, 0.25) is 0 Å². The van der Waals surface area contributed by atoms with Gasteiger partial charge in [-0.1, -0.05) is 50.1 Å². The predicted molar refractivity (Wildman–Crippen MR) is 145 cm³/mol. The monoisotopic (exact) mass is 622 g/mol. The smallest absolute Gasteiger partial charge is 0.381 e. The number of alkyl halides is 6. The molecule has 2 aromatic rings. The summed E-state index contributed by atoms with van der Waals surface area (Å²) in [5, 5.41) is 0. The number of hydrogen-bond donors (Lipinski definition) is 1. The average molecular weight is 623 g/mol. The van der Waals surface area contributed by atoms with Crippen molar-refractivity contribution < 1.29 is 44.3 Å². The number of rotatable bonds is 13. The molecule has 1 fully saturated rings. The lowest BCUT2D eigenvalue weighted by Crippen LogP contribution is -2.45. The SMILES string of the molecule is CCCCCOCC1CCC(CN(Cc2ccccc2)S(=O)(=O)NC(=O)c2cc(C(F)(F)F)cc(C(F)(F)F)c2)CC1. The Morgan fingerprint density at radius 1 is 0.905 bits per heavy atom. The summed E-state index contributed by atoms with van der Waals surface area (Å²) < 4.78 is 115. The van der Waals surface area contributed by atoms with E-state index in [9.17, 15) is 39.6 Å². The third-order valence-corrected chi connectivity index (χ3v) is 8.69. The zero-order chi connectivity index (χ0) is 31.0. The third kappa shape index (κ3) is 10.3. The summed E-state index contributed by atoms with van der Waals surface area (Å²) in [7, 11) is -4.65. The topological polar surface area (TPSA) is 75.7 Å². The lowest BCUT2D eigenvalue weighted by atomic mass is 9.82. The maximum absolute atomic E-state index is 13.4. The van der Waals surface area contributed by atoms with Crippen molar-refractivity contribution in [3.05, 3.63) is 70.8 Å². The Kier molecular flexibility index (Phi) is 11.8. The molecule has 6 nitrogen and oxygen atoms in total. The van der Waals surface area contributed by atoms with Crippen molar-refractivity contribution in [3.8, 4) is 0 Å². The molecule has 0 bridgehead atoms. The van der Waals surface area contributed by atoms with E-state index >= 15 is 0 Å². The summed E-state index contributed by atoms with van der Waals surface area (Å²) >= 11 is 0. The summed E-state index contributed by atoms with van der Waals surface area (Å²) in [6, 6.07) is 8.78. The number of halogens is 6. The average Bonchev–Trinajstić information content (AvgIpc) is 2.92. The number of amides is 1. The van der Waals surface area contributed by atoms with Crippen LogP contribution >= 0.6 is 0 Å². The first-order valence-corrected chi connectivity index (χ1v) is 15.4. The van der Waals surface area contributed by atoms with Crippen LogP contribution < -0.4 is 4.72 Å². The summed E-state index contributed by atoms with van der Waals surface area (Å²) in [6.07, 6.45) is -4.09. The fourth-order valence-electron chi connectivity index (χ4n) is 4.93. The molecule has 1 saturated carbocycles. The van der Waals surface area contributed by atoms with Gasteiger partial charge in [0.05, 0.1) is 11.1 Å². The molecule has 2 aromatic carbocycles. The number of benzene rings is 2. The normalized spacial score (nSPS) is 18.3. The number of carbonyl (C=O) groups excluding carboxylic acids is 1. The van der Waals surface area contributed by atoms with Crippen LogP contribution in [0.4, 0.5) is 26.3 Å². The van der Waals surface area contributed by atoms with E-state index in [-0.39, 0.29) is 37.2 Å². The number of nitrogens with zero attached hydrogens (tertiary/aromatic N) is 1. The molecule has 0 heterocycles. The highest BCUT2D eigenvalue weighted by Gasteiger charge is 2.38. The van der Waals surface area contributed by atoms with Gasteiger partial charge in [-0.05, 0) is 67.7 Å². The zero-order valence-electron chi connectivity index (χ0n) is 23.3. The maximum atomic E-state index is 13.4. The Morgan fingerprint density at radius 3 is 2.02 bits per heavy atom. The van der Waals surface area contributed by atoms with Crippen LogP contribution in [0.5, 0.6) is 0 Å². The zero-order valence-corrected chi connectivity index (χ0v) is 24.1. The minimum absolute atomic E-state index is 0.0258. The number of hydrogen-bond acceptors (Lipinski definition) is 4. The van der Waals surface area contributed by atoms with Crippen LogP contribution in [-0.2, 0) is 33.8 Å². The van der Waals surface area contributed by atoms with E-state index in [4.69, 9.17) is 4.74 Å². The molecule has 234 valence electrons. The van der Waals surface area contributed by atoms with Crippen molar-refractivity contribution in [2.75, 3.05) is 19.8 Å². The molecule has 0 radical (unpaired) electrons. The highest BCUT2D eigenvalue weighted by atomic mass is 32.2. The van der Waals surface area contributed by atoms with E-state index < -0.39 is 45.2 Å². The molecule has 42 heavy (non-hydrogen) atoms. The van der Waals surface area contributed by atoms with E-state index in [0.717, 1.165) is 36.4 Å². The highest BCUT2D eigenvalue weighted by molar-refractivity contribution is 7.87. The fourth-order valence-corrected chi connectivity index (χ4v) is 6.14. The second kappa shape index (κ2) is 14.7. The van der Waals surface area contributed by atoms with Crippen LogP contribution in [0.3, 0.4) is 0 Å². The summed E-state index contributed by atoms with van der Waals surface area (Å²) in [4.78, 5) is 12.8. The first kappa shape index (κ1) is 33.9. The van der Waals surface area contributed by atoms with Gasteiger partial charge in [-0.25, -0.2) is 4.72 Å². The Bertz CT molecular complexity index is 1230. The van der Waals surface area contributed by atoms with Crippen molar-refractivity contribution in [2.24, 2.45) is 11.8 Å². The number of unbranched alkanes of at least 4 members (excludes halogenated alkanes) is 2. The predicted octanol–water partition coefficient (Wildman–Crippen LogP) is 7.21. The molecule has 0 unspecified atom stereocenters. The van der Waals surface area contributed by atoms with Gasteiger partial charge in [-0.3, -0.25) is 4.79 Å².